The Labute approximate surface area is 201 Å². The van der Waals surface area contributed by atoms with Crippen LogP contribution in [-0.2, 0) is 23.9 Å². The van der Waals surface area contributed by atoms with E-state index in [1.165, 1.54) is 49.2 Å². The smallest absolute Gasteiger partial charge is 0.433 e. The lowest BCUT2D eigenvalue weighted by Crippen LogP contribution is -2.28. The number of nitrogens with zero attached hydrogens (tertiary/aromatic N) is 1. The van der Waals surface area contributed by atoms with Crippen LogP contribution < -0.4 is 9.47 Å². The van der Waals surface area contributed by atoms with Crippen LogP contribution in [0.5, 0.6) is 11.5 Å². The Kier molecular flexibility index (Phi) is 11.6. The van der Waals surface area contributed by atoms with Crippen molar-refractivity contribution in [3.8, 4) is 11.5 Å². The first-order chi connectivity index (χ1) is 16.4. The highest BCUT2D eigenvalue weighted by Crippen LogP contribution is 2.19. The number of carbonyl (C=O) groups excluding carboxylic acids is 2. The van der Waals surface area contributed by atoms with Crippen LogP contribution in [0.25, 0.3) is 0 Å². The van der Waals surface area contributed by atoms with E-state index in [2.05, 4.69) is 22.9 Å². The molecule has 0 heterocycles. The summed E-state index contributed by atoms with van der Waals surface area (Å²) in [5.41, 5.74) is 0. The number of hydrogen-bond donors (Lipinski definition) is 0. The van der Waals surface area contributed by atoms with E-state index in [-0.39, 0.29) is 10.6 Å². The van der Waals surface area contributed by atoms with E-state index in [4.69, 9.17) is 9.47 Å². The number of rotatable bonds is 14. The van der Waals surface area contributed by atoms with Crippen molar-refractivity contribution in [3.05, 3.63) is 54.6 Å². The Bertz CT molecular complexity index is 984. The predicted octanol–water partition coefficient (Wildman–Crippen LogP) is 4.20. The molecule has 0 aliphatic carbocycles. The second-order valence-corrected chi connectivity index (χ2v) is 9.30. The minimum Gasteiger partial charge on any atom is -0.494 e. The van der Waals surface area contributed by atoms with Gasteiger partial charge in [0.15, 0.2) is 0 Å². The molecule has 2 aromatic rings. The molecule has 0 spiro atoms. The van der Waals surface area contributed by atoms with Gasteiger partial charge in [-0.05, 0) is 68.8 Å². The summed E-state index contributed by atoms with van der Waals surface area (Å²) in [4.78, 5) is 25.8. The molecule has 0 unspecified atom stereocenters. The second-order valence-electron chi connectivity index (χ2n) is 7.75. The van der Waals surface area contributed by atoms with Crippen LogP contribution in [-0.4, -0.2) is 51.5 Å². The molecule has 0 aromatic heterocycles. The Morgan fingerprint density at radius 3 is 1.94 bits per heavy atom. The summed E-state index contributed by atoms with van der Waals surface area (Å²) >= 11 is 0. The monoisotopic (exact) mass is 491 g/mol. The molecule has 0 saturated heterocycles. The second kappa shape index (κ2) is 14.4. The highest BCUT2D eigenvalue weighted by Gasteiger charge is 2.27. The fourth-order valence-electron chi connectivity index (χ4n) is 3.10. The van der Waals surface area contributed by atoms with Gasteiger partial charge in [0.05, 0.1) is 6.61 Å². The van der Waals surface area contributed by atoms with Gasteiger partial charge in [-0.1, -0.05) is 44.9 Å². The Morgan fingerprint density at radius 1 is 0.765 bits per heavy atom. The summed E-state index contributed by atoms with van der Waals surface area (Å²) in [6.45, 7) is 7.98. The van der Waals surface area contributed by atoms with Gasteiger partial charge >= 0.3 is 22.1 Å². The molecule has 186 valence electrons. The van der Waals surface area contributed by atoms with E-state index in [0.29, 0.717) is 12.4 Å². The van der Waals surface area contributed by atoms with Crippen molar-refractivity contribution in [2.45, 2.75) is 50.8 Å². The summed E-state index contributed by atoms with van der Waals surface area (Å²) in [7, 11) is -4.48. The molecular formula is C25H33NO7S. The van der Waals surface area contributed by atoms with Crippen LogP contribution in [0.4, 0.5) is 0 Å². The zero-order chi connectivity index (χ0) is 24.8. The van der Waals surface area contributed by atoms with Gasteiger partial charge in [-0.3, -0.25) is 0 Å². The van der Waals surface area contributed by atoms with Crippen molar-refractivity contribution in [2.75, 3.05) is 26.2 Å². The molecule has 0 aliphatic rings. The summed E-state index contributed by atoms with van der Waals surface area (Å²) in [6, 6.07) is 13.3. The minimum atomic E-state index is -4.48. The maximum absolute atomic E-state index is 12.3. The van der Waals surface area contributed by atoms with E-state index in [1.807, 2.05) is 0 Å². The molecule has 8 nitrogen and oxygen atoms in total. The standard InChI is InChI=1S/C25H33NO7S/c1-3-5-17-26(18-6-4-2)19-10-20-31-21-13-15-23(16-14-21)34(29,30)33-25(28)24(27)32-22-11-8-7-9-12-22/h7-9,11-16H,3-6,10,17-20H2,1-2H3. The van der Waals surface area contributed by atoms with Gasteiger partial charge in [0.1, 0.15) is 16.4 Å². The highest BCUT2D eigenvalue weighted by atomic mass is 32.2. The SMILES string of the molecule is CCCCN(CCCC)CCCOc1ccc(S(=O)(=O)OC(=O)C(=O)Oc2ccccc2)cc1. The number of esters is 1. The van der Waals surface area contributed by atoms with E-state index in [0.717, 1.165) is 38.9 Å². The van der Waals surface area contributed by atoms with Crippen LogP contribution in [0.3, 0.4) is 0 Å². The molecule has 0 aliphatic heterocycles. The normalized spacial score (nSPS) is 11.3. The largest absolute Gasteiger partial charge is 0.494 e. The molecule has 0 bridgehead atoms. The Hall–Kier alpha value is -2.91. The maximum Gasteiger partial charge on any atom is 0.433 e. The number of hydrogen-bond acceptors (Lipinski definition) is 8. The molecule has 0 fully saturated rings. The summed E-state index contributed by atoms with van der Waals surface area (Å²) in [5, 5.41) is 0. The van der Waals surface area contributed by atoms with Crippen molar-refractivity contribution < 1.29 is 31.7 Å². The Balaban J connectivity index is 1.82. The van der Waals surface area contributed by atoms with Crippen molar-refractivity contribution in [1.82, 2.24) is 4.90 Å². The zero-order valence-corrected chi connectivity index (χ0v) is 20.6. The molecule has 0 N–H and O–H groups in total. The van der Waals surface area contributed by atoms with E-state index < -0.39 is 22.1 Å². The van der Waals surface area contributed by atoms with Gasteiger partial charge in [-0.2, -0.15) is 8.42 Å². The van der Waals surface area contributed by atoms with Gasteiger partial charge in [0.2, 0.25) is 0 Å². The van der Waals surface area contributed by atoms with Gasteiger partial charge in [-0.25, -0.2) is 9.59 Å². The molecule has 0 saturated carbocycles. The maximum atomic E-state index is 12.3. The van der Waals surface area contributed by atoms with E-state index >= 15 is 0 Å². The van der Waals surface area contributed by atoms with E-state index in [1.54, 1.807) is 18.2 Å². The summed E-state index contributed by atoms with van der Waals surface area (Å²) < 4.78 is 39.5. The summed E-state index contributed by atoms with van der Waals surface area (Å²) in [6.07, 6.45) is 5.54. The zero-order valence-electron chi connectivity index (χ0n) is 19.8. The first-order valence-corrected chi connectivity index (χ1v) is 13.0. The lowest BCUT2D eigenvalue weighted by atomic mass is 10.2. The number of carbonyl (C=O) groups is 2. The molecule has 2 aromatic carbocycles. The molecule has 0 amide bonds. The van der Waals surface area contributed by atoms with Crippen molar-refractivity contribution >= 4 is 22.1 Å². The van der Waals surface area contributed by atoms with Crippen LogP contribution in [0.2, 0.25) is 0 Å². The van der Waals surface area contributed by atoms with Gasteiger partial charge in [0, 0.05) is 6.54 Å². The van der Waals surface area contributed by atoms with Crippen LogP contribution in [0.1, 0.15) is 46.0 Å². The topological polar surface area (TPSA) is 99.2 Å². The van der Waals surface area contributed by atoms with Crippen LogP contribution in [0, 0.1) is 0 Å². The molecule has 2 rings (SSSR count). The number of benzene rings is 2. The molecule has 0 radical (unpaired) electrons. The summed E-state index contributed by atoms with van der Waals surface area (Å²) in [5.74, 6) is -2.45. The van der Waals surface area contributed by atoms with Crippen LogP contribution in [0.15, 0.2) is 59.5 Å². The quantitative estimate of drug-likeness (QED) is 0.127. The number of unbranched alkanes of at least 4 members (excludes halogenated alkanes) is 2. The third kappa shape index (κ3) is 9.52. The average Bonchev–Trinajstić information content (AvgIpc) is 2.83. The lowest BCUT2D eigenvalue weighted by Gasteiger charge is -2.21. The first kappa shape index (κ1) is 27.3. The van der Waals surface area contributed by atoms with Gasteiger partial charge in [-0.15, -0.1) is 0 Å². The number of ether oxygens (including phenoxy) is 2. The average molecular weight is 492 g/mol. The molecule has 34 heavy (non-hydrogen) atoms. The van der Waals surface area contributed by atoms with Gasteiger partial charge < -0.3 is 18.6 Å². The predicted molar refractivity (Wildman–Crippen MR) is 128 cm³/mol. The molecule has 0 atom stereocenters. The van der Waals surface area contributed by atoms with Crippen molar-refractivity contribution in [2.24, 2.45) is 0 Å². The fraction of sp³-hybridized carbons (Fsp3) is 0.440. The highest BCUT2D eigenvalue weighted by molar-refractivity contribution is 7.87. The van der Waals surface area contributed by atoms with Crippen LogP contribution >= 0.6 is 0 Å². The van der Waals surface area contributed by atoms with Crippen molar-refractivity contribution in [1.29, 1.82) is 0 Å². The molecular weight excluding hydrogens is 458 g/mol. The van der Waals surface area contributed by atoms with Gasteiger partial charge in [0.25, 0.3) is 0 Å². The minimum absolute atomic E-state index is 0.0993. The third-order valence-corrected chi connectivity index (χ3v) is 6.18. The lowest BCUT2D eigenvalue weighted by molar-refractivity contribution is -0.156. The fourth-order valence-corrected chi connectivity index (χ4v) is 3.93. The Morgan fingerprint density at radius 2 is 1.35 bits per heavy atom. The van der Waals surface area contributed by atoms with Crippen molar-refractivity contribution in [3.63, 3.8) is 0 Å². The first-order valence-electron chi connectivity index (χ1n) is 11.6. The third-order valence-electron chi connectivity index (χ3n) is 4.96. The van der Waals surface area contributed by atoms with E-state index in [9.17, 15) is 18.0 Å². The molecule has 9 heteroatoms. The number of para-hydroxylation sites is 1.